The highest BCUT2D eigenvalue weighted by Crippen LogP contribution is 2.22. The Kier molecular flexibility index (Phi) is 10.0. The maximum Gasteiger partial charge on any atom is 0.409 e. The van der Waals surface area contributed by atoms with Gasteiger partial charge in [0.2, 0.25) is 0 Å². The Labute approximate surface area is 177 Å². The highest BCUT2D eigenvalue weighted by Gasteiger charge is 2.24. The Balaban J connectivity index is 0.00000364. The van der Waals surface area contributed by atoms with Crippen molar-refractivity contribution >= 4 is 36.0 Å². The molecular weight excluding hydrogens is 463 g/mol. The summed E-state index contributed by atoms with van der Waals surface area (Å²) >= 11 is 0. The average molecular weight is 492 g/mol. The molecule has 1 aliphatic heterocycles. The van der Waals surface area contributed by atoms with Crippen LogP contribution in [-0.4, -0.2) is 62.0 Å². The van der Waals surface area contributed by atoms with Gasteiger partial charge in [0.25, 0.3) is 0 Å². The monoisotopic (exact) mass is 492 g/mol. The smallest absolute Gasteiger partial charge is 0.409 e. The summed E-state index contributed by atoms with van der Waals surface area (Å²) in [5, 5.41) is 16.5. The molecule has 0 spiro atoms. The molecule has 9 heteroatoms. The quantitative estimate of drug-likeness (QED) is 0.332. The van der Waals surface area contributed by atoms with E-state index in [1.807, 2.05) is 6.92 Å². The third-order valence-corrected chi connectivity index (χ3v) is 4.32. The number of carbonyl (C=O) groups excluding carboxylic acids is 1. The zero-order valence-corrected chi connectivity index (χ0v) is 18.4. The van der Waals surface area contributed by atoms with E-state index in [2.05, 4.69) is 15.6 Å². The molecule has 0 saturated carbocycles. The van der Waals surface area contributed by atoms with Crippen LogP contribution in [0.15, 0.2) is 23.2 Å². The number of piperidine rings is 1. The third-order valence-electron chi connectivity index (χ3n) is 4.32. The summed E-state index contributed by atoms with van der Waals surface area (Å²) in [6, 6.07) is 5.33. The first-order valence-electron chi connectivity index (χ1n) is 8.82. The maximum atomic E-state index is 11.7. The van der Waals surface area contributed by atoms with Crippen LogP contribution in [0.4, 0.5) is 4.79 Å². The first-order chi connectivity index (χ1) is 12.6. The van der Waals surface area contributed by atoms with Gasteiger partial charge >= 0.3 is 6.09 Å². The lowest BCUT2D eigenvalue weighted by Crippen LogP contribution is -2.49. The molecule has 1 aromatic carbocycles. The molecule has 0 atom stereocenters. The minimum atomic E-state index is -0.248. The Hall–Kier alpha value is -1.91. The fraction of sp³-hybridized carbons (Fsp3) is 0.556. The molecule has 1 amide bonds. The molecule has 3 N–H and O–H groups in total. The molecule has 1 aliphatic rings. The summed E-state index contributed by atoms with van der Waals surface area (Å²) in [6.45, 7) is 3.94. The van der Waals surface area contributed by atoms with Crippen molar-refractivity contribution in [2.45, 2.75) is 32.4 Å². The van der Waals surface area contributed by atoms with Gasteiger partial charge in [0.05, 0.1) is 13.7 Å². The van der Waals surface area contributed by atoms with Crippen molar-refractivity contribution in [3.8, 4) is 11.5 Å². The fourth-order valence-electron chi connectivity index (χ4n) is 2.82. The van der Waals surface area contributed by atoms with Gasteiger partial charge in [-0.15, -0.1) is 24.0 Å². The van der Waals surface area contributed by atoms with E-state index in [-0.39, 0.29) is 41.9 Å². The molecule has 1 fully saturated rings. The van der Waals surface area contributed by atoms with Crippen molar-refractivity contribution in [3.05, 3.63) is 23.8 Å². The molecule has 152 valence electrons. The number of benzene rings is 1. The van der Waals surface area contributed by atoms with Crippen LogP contribution in [-0.2, 0) is 11.3 Å². The largest absolute Gasteiger partial charge is 0.508 e. The van der Waals surface area contributed by atoms with Crippen molar-refractivity contribution in [3.63, 3.8) is 0 Å². The predicted octanol–water partition coefficient (Wildman–Crippen LogP) is 2.30. The number of likely N-dealkylation sites (tertiary alicyclic amines) is 1. The molecule has 1 saturated heterocycles. The Morgan fingerprint density at radius 1 is 1.37 bits per heavy atom. The molecule has 1 heterocycles. The molecular formula is C18H29IN4O4. The van der Waals surface area contributed by atoms with Crippen LogP contribution in [0, 0.1) is 0 Å². The standard InChI is InChI=1S/C18H28N4O4.HI/c1-4-26-18(24)22-9-7-14(8-10-22)21-17(19-2)20-12-13-11-15(25-3)5-6-16(13)23;/h5-6,11,14,23H,4,7-10,12H2,1-3H3,(H2,19,20,21);1H. The Bertz CT molecular complexity index is 634. The molecule has 0 bridgehead atoms. The molecule has 0 aliphatic carbocycles. The number of aliphatic imine (C=N–C) groups is 1. The van der Waals surface area contributed by atoms with E-state index in [9.17, 15) is 9.90 Å². The molecule has 1 aromatic rings. The second-order valence-electron chi connectivity index (χ2n) is 6.02. The summed E-state index contributed by atoms with van der Waals surface area (Å²) in [5.41, 5.74) is 0.726. The molecule has 27 heavy (non-hydrogen) atoms. The van der Waals surface area contributed by atoms with Crippen molar-refractivity contribution in [1.29, 1.82) is 0 Å². The zero-order valence-electron chi connectivity index (χ0n) is 16.0. The van der Waals surface area contributed by atoms with Gasteiger partial charge in [0.15, 0.2) is 5.96 Å². The zero-order chi connectivity index (χ0) is 18.9. The number of aromatic hydroxyl groups is 1. The number of nitrogens with zero attached hydrogens (tertiary/aromatic N) is 2. The normalized spacial score (nSPS) is 14.9. The van der Waals surface area contributed by atoms with E-state index < -0.39 is 0 Å². The first-order valence-corrected chi connectivity index (χ1v) is 8.82. The van der Waals surface area contributed by atoms with Crippen LogP contribution < -0.4 is 15.4 Å². The Morgan fingerprint density at radius 3 is 2.67 bits per heavy atom. The lowest BCUT2D eigenvalue weighted by molar-refractivity contribution is 0.0963. The van der Waals surface area contributed by atoms with Gasteiger partial charge in [0.1, 0.15) is 11.5 Å². The number of guanidine groups is 1. The number of phenols is 1. The van der Waals surface area contributed by atoms with Gasteiger partial charge in [-0.3, -0.25) is 4.99 Å². The van der Waals surface area contributed by atoms with E-state index in [1.54, 1.807) is 37.3 Å². The fourth-order valence-corrected chi connectivity index (χ4v) is 2.82. The number of methoxy groups -OCH3 is 1. The Morgan fingerprint density at radius 2 is 2.07 bits per heavy atom. The van der Waals surface area contributed by atoms with Crippen LogP contribution in [0.5, 0.6) is 11.5 Å². The van der Waals surface area contributed by atoms with Gasteiger partial charge in [-0.25, -0.2) is 4.79 Å². The summed E-state index contributed by atoms with van der Waals surface area (Å²) in [7, 11) is 3.29. The number of hydrogen-bond donors (Lipinski definition) is 3. The van der Waals surface area contributed by atoms with Crippen LogP contribution in [0.1, 0.15) is 25.3 Å². The second-order valence-corrected chi connectivity index (χ2v) is 6.02. The number of ether oxygens (including phenoxy) is 2. The van der Waals surface area contributed by atoms with Crippen LogP contribution in [0.3, 0.4) is 0 Å². The van der Waals surface area contributed by atoms with E-state index >= 15 is 0 Å². The van der Waals surface area contributed by atoms with Gasteiger partial charge in [-0.05, 0) is 38.0 Å². The average Bonchev–Trinajstić information content (AvgIpc) is 2.66. The number of amides is 1. The predicted molar refractivity (Wildman–Crippen MR) is 115 cm³/mol. The number of halogens is 1. The van der Waals surface area contributed by atoms with Crippen LogP contribution in [0.25, 0.3) is 0 Å². The third kappa shape index (κ3) is 6.96. The number of rotatable bonds is 5. The van der Waals surface area contributed by atoms with E-state index in [1.165, 1.54) is 0 Å². The molecule has 0 aromatic heterocycles. The number of nitrogens with one attached hydrogen (secondary N) is 2. The summed E-state index contributed by atoms with van der Waals surface area (Å²) in [4.78, 5) is 17.7. The topological polar surface area (TPSA) is 95.4 Å². The molecule has 0 radical (unpaired) electrons. The second kappa shape index (κ2) is 11.7. The minimum Gasteiger partial charge on any atom is -0.508 e. The van der Waals surface area contributed by atoms with Crippen LogP contribution in [0.2, 0.25) is 0 Å². The first kappa shape index (κ1) is 23.1. The summed E-state index contributed by atoms with van der Waals surface area (Å²) < 4.78 is 10.2. The number of phenolic OH excluding ortho intramolecular Hbond substituents is 1. The summed E-state index contributed by atoms with van der Waals surface area (Å²) in [6.07, 6.45) is 1.40. The van der Waals surface area contributed by atoms with Crippen molar-refractivity contribution in [2.24, 2.45) is 4.99 Å². The molecule has 2 rings (SSSR count). The summed E-state index contributed by atoms with van der Waals surface area (Å²) in [5.74, 6) is 1.55. The maximum absolute atomic E-state index is 11.7. The lowest BCUT2D eigenvalue weighted by atomic mass is 10.1. The van der Waals surface area contributed by atoms with Crippen molar-refractivity contribution in [1.82, 2.24) is 15.5 Å². The van der Waals surface area contributed by atoms with E-state index in [0.29, 0.717) is 38.0 Å². The molecule has 0 unspecified atom stereocenters. The highest BCUT2D eigenvalue weighted by atomic mass is 127. The van der Waals surface area contributed by atoms with Gasteiger partial charge in [-0.2, -0.15) is 0 Å². The van der Waals surface area contributed by atoms with Crippen molar-refractivity contribution < 1.29 is 19.4 Å². The highest BCUT2D eigenvalue weighted by molar-refractivity contribution is 14.0. The van der Waals surface area contributed by atoms with E-state index in [4.69, 9.17) is 9.47 Å². The van der Waals surface area contributed by atoms with E-state index in [0.717, 1.165) is 18.4 Å². The number of carbonyl (C=O) groups is 1. The molecule has 8 nitrogen and oxygen atoms in total. The van der Waals surface area contributed by atoms with Gasteiger partial charge in [0, 0.05) is 38.3 Å². The minimum absolute atomic E-state index is 0. The van der Waals surface area contributed by atoms with Gasteiger partial charge in [-0.1, -0.05) is 0 Å². The van der Waals surface area contributed by atoms with Crippen molar-refractivity contribution in [2.75, 3.05) is 33.9 Å². The van der Waals surface area contributed by atoms with Gasteiger partial charge < -0.3 is 30.1 Å². The number of hydrogen-bond acceptors (Lipinski definition) is 5. The lowest BCUT2D eigenvalue weighted by Gasteiger charge is -2.32. The SMILES string of the molecule is CCOC(=O)N1CCC(NC(=NC)NCc2cc(OC)ccc2O)CC1.I. The van der Waals surface area contributed by atoms with Crippen LogP contribution >= 0.6 is 24.0 Å².